The van der Waals surface area contributed by atoms with Gasteiger partial charge in [0.2, 0.25) is 5.95 Å². The molecule has 354 valence electrons. The van der Waals surface area contributed by atoms with Crippen LogP contribution < -0.4 is 15.8 Å². The van der Waals surface area contributed by atoms with Gasteiger partial charge in [0.05, 0.1) is 13.2 Å². The van der Waals surface area contributed by atoms with Crippen LogP contribution in [-0.4, -0.2) is 107 Å². The van der Waals surface area contributed by atoms with Crippen molar-refractivity contribution in [2.75, 3.05) is 44.2 Å². The van der Waals surface area contributed by atoms with Gasteiger partial charge in [0, 0.05) is 32.1 Å². The highest BCUT2D eigenvalue weighted by Gasteiger charge is 2.55. The van der Waals surface area contributed by atoms with Crippen LogP contribution in [0.25, 0.3) is 22.3 Å². The molecule has 0 unspecified atom stereocenters. The Bertz CT molecular complexity index is 2230. The summed E-state index contributed by atoms with van der Waals surface area (Å²) in [5.41, 5.74) is 10.9. The summed E-state index contributed by atoms with van der Waals surface area (Å²) < 4.78 is 37.2. The molecule has 1 amide bonds. The molecule has 0 bridgehead atoms. The average molecular weight is 955 g/mol. The lowest BCUT2D eigenvalue weighted by molar-refractivity contribution is -0.0461. The van der Waals surface area contributed by atoms with E-state index in [2.05, 4.69) is 124 Å². The number of rotatable bonds is 17. The maximum atomic E-state index is 13.1. The first-order valence-corrected chi connectivity index (χ1v) is 31.8. The summed E-state index contributed by atoms with van der Waals surface area (Å²) in [6, 6.07) is 13.8. The highest BCUT2D eigenvalue weighted by Crippen LogP contribution is 2.48. The van der Waals surface area contributed by atoms with Crippen LogP contribution in [0.4, 0.5) is 11.8 Å². The molecule has 2 aromatic heterocycles. The molecular weight excluding hydrogens is 878 g/mol. The fraction of sp³-hybridized carbons (Fsp3) is 0.617. The molecule has 1 saturated heterocycles. The predicted octanol–water partition coefficient (Wildman–Crippen LogP) is 11.1. The quantitative estimate of drug-likeness (QED) is 0.0592. The van der Waals surface area contributed by atoms with E-state index in [1.165, 1.54) is 6.33 Å². The Morgan fingerprint density at radius 3 is 2.00 bits per heavy atom. The Morgan fingerprint density at radius 2 is 1.44 bits per heavy atom. The first-order valence-electron chi connectivity index (χ1n) is 22.5. The van der Waals surface area contributed by atoms with Gasteiger partial charge in [0.25, 0.3) is 5.91 Å². The Balaban J connectivity index is 1.57. The zero-order valence-corrected chi connectivity index (χ0v) is 45.4. The summed E-state index contributed by atoms with van der Waals surface area (Å²) in [5.74, 6) is 1.80. The van der Waals surface area contributed by atoms with Gasteiger partial charge in [0.1, 0.15) is 30.4 Å². The number of carbonyl (C=O) groups excluding carboxylic acids is 1. The standard InChI is InChI=1S/C47H76ClN7O6Si3/c1-45(2,3)62(12,13)58-29-36-38(60-63(14,15)46(4,5)6)39(61-64(16,17)47(7,8)9)43(59-36)55-41-37(40(49)51-30-52-41)53-44(55)50-28-31-19-21-32(22-20-31)33-25-34(42(56)54(10)11)27-35(26-33)57-24-18-23-48/h19-22,25-27,30,36,38-39,43H,18,23-24,28-29H2,1-17H3,(H,50,53)(H2,49,51,52)/t36-,38-,39-,43-/m1/s1. The Morgan fingerprint density at radius 1 is 0.844 bits per heavy atom. The van der Waals surface area contributed by atoms with Gasteiger partial charge in [-0.05, 0) is 95.7 Å². The molecule has 0 spiro atoms. The van der Waals surface area contributed by atoms with Crippen molar-refractivity contribution in [1.82, 2.24) is 24.4 Å². The van der Waals surface area contributed by atoms with Crippen LogP contribution in [0.3, 0.4) is 0 Å². The Labute approximate surface area is 390 Å². The Kier molecular flexibility index (Phi) is 15.7. The van der Waals surface area contributed by atoms with E-state index in [0.29, 0.717) is 60.5 Å². The topological polar surface area (TPSA) is 148 Å². The second kappa shape index (κ2) is 19.5. The second-order valence-electron chi connectivity index (χ2n) is 21.9. The van der Waals surface area contributed by atoms with Crippen molar-refractivity contribution in [3.8, 4) is 16.9 Å². The zero-order valence-electron chi connectivity index (χ0n) is 41.6. The van der Waals surface area contributed by atoms with Gasteiger partial charge in [-0.25, -0.2) is 15.0 Å². The minimum absolute atomic E-state index is 0.00113. The largest absolute Gasteiger partial charge is 0.494 e. The summed E-state index contributed by atoms with van der Waals surface area (Å²) in [5, 5.41) is 3.44. The summed E-state index contributed by atoms with van der Waals surface area (Å²) in [4.78, 5) is 28.8. The number of hydrogen-bond donors (Lipinski definition) is 2. The van der Waals surface area contributed by atoms with Crippen molar-refractivity contribution >= 4 is 65.4 Å². The van der Waals surface area contributed by atoms with Crippen LogP contribution in [0.15, 0.2) is 48.8 Å². The lowest BCUT2D eigenvalue weighted by Gasteiger charge is -2.44. The number of anilines is 2. The number of nitrogens with one attached hydrogen (secondary N) is 1. The molecule has 0 aliphatic carbocycles. The van der Waals surface area contributed by atoms with Gasteiger partial charge >= 0.3 is 0 Å². The lowest BCUT2D eigenvalue weighted by Crippen LogP contribution is -2.54. The minimum atomic E-state index is -2.46. The van der Waals surface area contributed by atoms with E-state index in [1.54, 1.807) is 25.1 Å². The van der Waals surface area contributed by atoms with E-state index in [0.717, 1.165) is 16.7 Å². The molecule has 1 aliphatic rings. The van der Waals surface area contributed by atoms with Crippen LogP contribution in [0.5, 0.6) is 5.75 Å². The van der Waals surface area contributed by atoms with Crippen molar-refractivity contribution in [3.05, 3.63) is 59.9 Å². The van der Waals surface area contributed by atoms with Crippen molar-refractivity contribution in [1.29, 1.82) is 0 Å². The maximum Gasteiger partial charge on any atom is 0.253 e. The predicted molar refractivity (Wildman–Crippen MR) is 269 cm³/mol. The summed E-state index contributed by atoms with van der Waals surface area (Å²) in [7, 11) is -3.57. The van der Waals surface area contributed by atoms with Gasteiger partial charge in [-0.1, -0.05) is 86.6 Å². The maximum absolute atomic E-state index is 13.1. The number of aromatic nitrogens is 4. The number of hydrogen-bond acceptors (Lipinski definition) is 11. The molecule has 0 radical (unpaired) electrons. The van der Waals surface area contributed by atoms with E-state index >= 15 is 0 Å². The smallest absolute Gasteiger partial charge is 0.253 e. The number of amides is 1. The van der Waals surface area contributed by atoms with Crippen molar-refractivity contribution in [3.63, 3.8) is 0 Å². The third-order valence-corrected chi connectivity index (χ3v) is 27.5. The highest BCUT2D eigenvalue weighted by atomic mass is 35.5. The van der Waals surface area contributed by atoms with Crippen molar-refractivity contribution < 1.29 is 27.5 Å². The first kappa shape index (κ1) is 51.6. The molecule has 0 saturated carbocycles. The molecule has 4 atom stereocenters. The summed E-state index contributed by atoms with van der Waals surface area (Å²) >= 11 is 5.91. The number of nitrogens with zero attached hydrogens (tertiary/aromatic N) is 5. The SMILES string of the molecule is CN(C)C(=O)c1cc(OCCCCl)cc(-c2ccc(CNc3nc4c(N)ncnc4n3[C@@H]3O[C@H](CO[Si](C)(C)C(C)(C)C)[C@@H](O[Si](C)(C)C(C)(C)C)[C@H]3O[Si](C)(C)C(C)(C)C)cc2)c1. The molecule has 1 fully saturated rings. The van der Waals surface area contributed by atoms with Crippen LogP contribution in [0.1, 0.15) is 90.9 Å². The number of carbonyl (C=O) groups is 1. The molecular formula is C47H76ClN7O6Si3. The van der Waals surface area contributed by atoms with E-state index < -0.39 is 49.5 Å². The molecule has 13 nitrogen and oxygen atoms in total. The number of benzene rings is 2. The van der Waals surface area contributed by atoms with Crippen LogP contribution in [0.2, 0.25) is 54.4 Å². The molecule has 2 aromatic carbocycles. The van der Waals surface area contributed by atoms with Crippen molar-refractivity contribution in [2.45, 2.75) is 154 Å². The number of alkyl halides is 1. The first-order chi connectivity index (χ1) is 29.5. The fourth-order valence-corrected chi connectivity index (χ4v) is 10.3. The number of ether oxygens (including phenoxy) is 2. The third kappa shape index (κ3) is 11.6. The third-order valence-electron chi connectivity index (χ3n) is 13.8. The minimum Gasteiger partial charge on any atom is -0.494 e. The number of nitrogens with two attached hydrogens (primary N) is 1. The van der Waals surface area contributed by atoms with Gasteiger partial charge in [-0.15, -0.1) is 11.6 Å². The monoisotopic (exact) mass is 953 g/mol. The number of fused-ring (bicyclic) bond motifs is 1. The van der Waals surface area contributed by atoms with Crippen LogP contribution in [-0.2, 0) is 24.6 Å². The van der Waals surface area contributed by atoms with E-state index in [-0.39, 0.29) is 26.8 Å². The second-order valence-corrected chi connectivity index (χ2v) is 36.6. The molecule has 17 heteroatoms. The van der Waals surface area contributed by atoms with Gasteiger partial charge in [-0.3, -0.25) is 9.36 Å². The van der Waals surface area contributed by atoms with E-state index in [9.17, 15) is 4.79 Å². The van der Waals surface area contributed by atoms with E-state index in [1.807, 2.05) is 28.8 Å². The molecule has 3 heterocycles. The molecule has 3 N–H and O–H groups in total. The number of halogens is 1. The molecule has 1 aliphatic heterocycles. The summed E-state index contributed by atoms with van der Waals surface area (Å²) in [6.45, 7) is 35.2. The zero-order chi connectivity index (χ0) is 47.8. The van der Waals surface area contributed by atoms with E-state index in [4.69, 9.17) is 50.1 Å². The normalized spacial score (nSPS) is 19.0. The number of nitrogen functional groups attached to an aromatic ring is 1. The van der Waals surface area contributed by atoms with Gasteiger partial charge in [-0.2, -0.15) is 0 Å². The Hall–Kier alpha value is -3.36. The van der Waals surface area contributed by atoms with Crippen LogP contribution in [0, 0.1) is 0 Å². The highest BCUT2D eigenvalue weighted by molar-refractivity contribution is 6.75. The average Bonchev–Trinajstić information content (AvgIpc) is 3.71. The van der Waals surface area contributed by atoms with Crippen molar-refractivity contribution in [2.24, 2.45) is 0 Å². The summed E-state index contributed by atoms with van der Waals surface area (Å²) in [6.07, 6.45) is 0.0482. The molecule has 64 heavy (non-hydrogen) atoms. The van der Waals surface area contributed by atoms with Crippen LogP contribution >= 0.6 is 11.6 Å². The van der Waals surface area contributed by atoms with Gasteiger partial charge < -0.3 is 38.7 Å². The molecule has 5 rings (SSSR count). The lowest BCUT2D eigenvalue weighted by atomic mass is 10.0. The van der Waals surface area contributed by atoms with Gasteiger partial charge in [0.15, 0.2) is 48.2 Å². The molecule has 4 aromatic rings. The number of imidazole rings is 1. The fourth-order valence-electron chi connectivity index (χ4n) is 6.62.